The summed E-state index contributed by atoms with van der Waals surface area (Å²) < 4.78 is 0. The molecule has 0 heterocycles. The van der Waals surface area contributed by atoms with Crippen LogP contribution in [0.15, 0.2) is 54.6 Å². The van der Waals surface area contributed by atoms with Gasteiger partial charge in [0, 0.05) is 18.3 Å². The maximum atomic E-state index is 5.75. The topological polar surface area (TPSA) is 38.0 Å². The van der Waals surface area contributed by atoms with Gasteiger partial charge in [0.1, 0.15) is 0 Å². The maximum absolute atomic E-state index is 5.75. The Kier molecular flexibility index (Phi) is 3.78. The van der Waals surface area contributed by atoms with Gasteiger partial charge in [-0.3, -0.25) is 0 Å². The highest BCUT2D eigenvalue weighted by Crippen LogP contribution is 2.13. The molecule has 0 aliphatic heterocycles. The van der Waals surface area contributed by atoms with Crippen LogP contribution in [0.3, 0.4) is 0 Å². The van der Waals surface area contributed by atoms with Crippen molar-refractivity contribution in [2.75, 3.05) is 5.73 Å². The molecular formula is C15H18N2. The van der Waals surface area contributed by atoms with Crippen LogP contribution in [-0.4, -0.2) is 0 Å². The lowest BCUT2D eigenvalue weighted by atomic mass is 10.1. The van der Waals surface area contributed by atoms with Gasteiger partial charge in [-0.05, 0) is 30.2 Å². The normalized spacial score (nSPS) is 12.3. The molecule has 0 aliphatic carbocycles. The molecule has 0 fully saturated rings. The minimum absolute atomic E-state index is 0.345. The number of hydrogen-bond donors (Lipinski definition) is 2. The Morgan fingerprint density at radius 1 is 1.06 bits per heavy atom. The highest BCUT2D eigenvalue weighted by Gasteiger charge is 2.03. The number of rotatable bonds is 4. The van der Waals surface area contributed by atoms with E-state index >= 15 is 0 Å². The van der Waals surface area contributed by atoms with E-state index in [0.717, 1.165) is 12.2 Å². The van der Waals surface area contributed by atoms with Crippen LogP contribution >= 0.6 is 0 Å². The van der Waals surface area contributed by atoms with Gasteiger partial charge in [-0.2, -0.15) is 0 Å². The summed E-state index contributed by atoms with van der Waals surface area (Å²) in [5, 5.41) is 3.49. The van der Waals surface area contributed by atoms with E-state index in [0.29, 0.717) is 6.04 Å². The van der Waals surface area contributed by atoms with Gasteiger partial charge in [0.05, 0.1) is 0 Å². The number of benzene rings is 2. The van der Waals surface area contributed by atoms with Crippen LogP contribution in [0.1, 0.15) is 24.1 Å². The van der Waals surface area contributed by atoms with Crippen molar-refractivity contribution in [1.29, 1.82) is 0 Å². The van der Waals surface area contributed by atoms with Crippen molar-refractivity contribution in [2.24, 2.45) is 0 Å². The van der Waals surface area contributed by atoms with E-state index in [-0.39, 0.29) is 0 Å². The van der Waals surface area contributed by atoms with E-state index in [9.17, 15) is 0 Å². The first-order valence-electron chi connectivity index (χ1n) is 5.88. The van der Waals surface area contributed by atoms with Crippen LogP contribution in [0.2, 0.25) is 0 Å². The zero-order valence-electron chi connectivity index (χ0n) is 10.1. The summed E-state index contributed by atoms with van der Waals surface area (Å²) in [6.07, 6.45) is 0. The Hall–Kier alpha value is -1.80. The van der Waals surface area contributed by atoms with Crippen molar-refractivity contribution < 1.29 is 0 Å². The molecule has 0 saturated heterocycles. The van der Waals surface area contributed by atoms with Crippen molar-refractivity contribution in [3.63, 3.8) is 0 Å². The van der Waals surface area contributed by atoms with Crippen LogP contribution in [0.25, 0.3) is 0 Å². The van der Waals surface area contributed by atoms with Crippen molar-refractivity contribution in [3.05, 3.63) is 65.7 Å². The monoisotopic (exact) mass is 226 g/mol. The fourth-order valence-corrected chi connectivity index (χ4v) is 1.83. The summed E-state index contributed by atoms with van der Waals surface area (Å²) in [4.78, 5) is 0. The summed E-state index contributed by atoms with van der Waals surface area (Å²) in [6, 6.07) is 18.8. The zero-order valence-corrected chi connectivity index (χ0v) is 10.1. The third-order valence-electron chi connectivity index (χ3n) is 2.86. The third kappa shape index (κ3) is 3.33. The van der Waals surface area contributed by atoms with Crippen molar-refractivity contribution in [1.82, 2.24) is 5.32 Å². The number of anilines is 1. The first kappa shape index (κ1) is 11.7. The average molecular weight is 226 g/mol. The Balaban J connectivity index is 1.95. The lowest BCUT2D eigenvalue weighted by Gasteiger charge is -2.14. The van der Waals surface area contributed by atoms with E-state index in [1.54, 1.807) is 0 Å². The number of hydrogen-bond acceptors (Lipinski definition) is 2. The van der Waals surface area contributed by atoms with Crippen LogP contribution in [-0.2, 0) is 6.54 Å². The van der Waals surface area contributed by atoms with Gasteiger partial charge in [-0.25, -0.2) is 0 Å². The Morgan fingerprint density at radius 2 is 1.82 bits per heavy atom. The standard InChI is InChI=1S/C15H18N2/c1-12(14-7-3-2-4-8-14)17-11-13-6-5-9-15(16)10-13/h2-10,12,17H,11,16H2,1H3/t12-/m1/s1. The molecule has 2 rings (SSSR count). The molecule has 0 aromatic heterocycles. The molecule has 0 spiro atoms. The number of nitrogen functional groups attached to an aromatic ring is 1. The quantitative estimate of drug-likeness (QED) is 0.786. The average Bonchev–Trinajstić information content (AvgIpc) is 2.37. The predicted octanol–water partition coefficient (Wildman–Crippen LogP) is 3.12. The van der Waals surface area contributed by atoms with E-state index in [1.165, 1.54) is 11.1 Å². The first-order valence-corrected chi connectivity index (χ1v) is 5.88. The van der Waals surface area contributed by atoms with E-state index in [4.69, 9.17) is 5.73 Å². The van der Waals surface area contributed by atoms with Gasteiger partial charge < -0.3 is 11.1 Å². The SMILES string of the molecule is C[C@@H](NCc1cccc(N)c1)c1ccccc1. The summed E-state index contributed by atoms with van der Waals surface area (Å²) in [5.74, 6) is 0. The Morgan fingerprint density at radius 3 is 2.53 bits per heavy atom. The summed E-state index contributed by atoms with van der Waals surface area (Å²) in [6.45, 7) is 3.00. The smallest absolute Gasteiger partial charge is 0.0317 e. The molecule has 0 radical (unpaired) electrons. The number of nitrogens with two attached hydrogens (primary N) is 1. The van der Waals surface area contributed by atoms with E-state index < -0.39 is 0 Å². The van der Waals surface area contributed by atoms with Gasteiger partial charge in [0.2, 0.25) is 0 Å². The first-order chi connectivity index (χ1) is 8.25. The molecule has 3 N–H and O–H groups in total. The second-order valence-electron chi connectivity index (χ2n) is 4.26. The van der Waals surface area contributed by atoms with Crippen LogP contribution < -0.4 is 11.1 Å². The second kappa shape index (κ2) is 5.51. The van der Waals surface area contributed by atoms with Crippen molar-refractivity contribution in [3.8, 4) is 0 Å². The summed E-state index contributed by atoms with van der Waals surface area (Å²) in [7, 11) is 0. The molecule has 0 bridgehead atoms. The van der Waals surface area contributed by atoms with Gasteiger partial charge in [0.15, 0.2) is 0 Å². The fourth-order valence-electron chi connectivity index (χ4n) is 1.83. The summed E-state index contributed by atoms with van der Waals surface area (Å²) >= 11 is 0. The van der Waals surface area contributed by atoms with E-state index in [2.05, 4.69) is 42.6 Å². The van der Waals surface area contributed by atoms with Crippen molar-refractivity contribution in [2.45, 2.75) is 19.5 Å². The van der Waals surface area contributed by atoms with E-state index in [1.807, 2.05) is 24.3 Å². The molecule has 0 aliphatic rings. The molecule has 2 heteroatoms. The molecule has 0 unspecified atom stereocenters. The van der Waals surface area contributed by atoms with Gasteiger partial charge in [-0.15, -0.1) is 0 Å². The molecule has 88 valence electrons. The van der Waals surface area contributed by atoms with Crippen LogP contribution in [0, 0.1) is 0 Å². The second-order valence-corrected chi connectivity index (χ2v) is 4.26. The van der Waals surface area contributed by atoms with Crippen LogP contribution in [0.4, 0.5) is 5.69 Å². The summed E-state index contributed by atoms with van der Waals surface area (Å²) in [5.41, 5.74) is 9.08. The van der Waals surface area contributed by atoms with Gasteiger partial charge in [0.25, 0.3) is 0 Å². The highest BCUT2D eigenvalue weighted by molar-refractivity contribution is 5.40. The van der Waals surface area contributed by atoms with Gasteiger partial charge in [-0.1, -0.05) is 42.5 Å². The molecule has 0 saturated carbocycles. The highest BCUT2D eigenvalue weighted by atomic mass is 14.9. The lowest BCUT2D eigenvalue weighted by molar-refractivity contribution is 0.575. The minimum Gasteiger partial charge on any atom is -0.399 e. The number of nitrogens with one attached hydrogen (secondary N) is 1. The minimum atomic E-state index is 0.345. The molecule has 2 nitrogen and oxygen atoms in total. The fraction of sp³-hybridized carbons (Fsp3) is 0.200. The predicted molar refractivity (Wildman–Crippen MR) is 72.6 cm³/mol. The molecule has 1 atom stereocenters. The zero-order chi connectivity index (χ0) is 12.1. The molecular weight excluding hydrogens is 208 g/mol. The Labute approximate surface area is 102 Å². The molecule has 17 heavy (non-hydrogen) atoms. The lowest BCUT2D eigenvalue weighted by Crippen LogP contribution is -2.18. The largest absolute Gasteiger partial charge is 0.399 e. The van der Waals surface area contributed by atoms with Crippen LogP contribution in [0.5, 0.6) is 0 Å². The molecule has 0 amide bonds. The Bertz CT molecular complexity index is 465. The molecule has 2 aromatic rings. The third-order valence-corrected chi connectivity index (χ3v) is 2.86. The molecule has 2 aromatic carbocycles. The van der Waals surface area contributed by atoms with Gasteiger partial charge >= 0.3 is 0 Å². The maximum Gasteiger partial charge on any atom is 0.0317 e. The van der Waals surface area contributed by atoms with Crippen molar-refractivity contribution >= 4 is 5.69 Å².